The second kappa shape index (κ2) is 13.9. The Labute approximate surface area is 309 Å². The van der Waals surface area contributed by atoms with Crippen LogP contribution >= 0.6 is 11.6 Å². The van der Waals surface area contributed by atoms with E-state index in [0.717, 1.165) is 73.1 Å². The third-order valence-corrected chi connectivity index (χ3v) is 13.4. The lowest BCUT2D eigenvalue weighted by atomic mass is 9.92. The number of halogens is 1. The molecule has 280 valence electrons. The molecule has 5 heterocycles. The number of hydrogen-bond acceptors (Lipinski definition) is 10. The molecule has 13 nitrogen and oxygen atoms in total. The molecule has 0 saturated carbocycles. The lowest BCUT2D eigenvalue weighted by Crippen LogP contribution is -2.53. The molecule has 2 amide bonds. The topological polar surface area (TPSA) is 136 Å². The number of nitrogens with one attached hydrogen (secondary N) is 1. The number of benzene rings is 2. The number of likely N-dealkylation sites (N-methyl/N-ethyl adjacent to an activating group) is 1. The van der Waals surface area contributed by atoms with Crippen molar-refractivity contribution in [3.8, 4) is 0 Å². The van der Waals surface area contributed by atoms with Gasteiger partial charge in [0.05, 0.1) is 40.9 Å². The zero-order valence-corrected chi connectivity index (χ0v) is 32.2. The Morgan fingerprint density at radius 2 is 1.71 bits per heavy atom. The van der Waals surface area contributed by atoms with E-state index >= 15 is 0 Å². The second-order valence-corrected chi connectivity index (χ2v) is 16.9. The van der Waals surface area contributed by atoms with Crippen LogP contribution in [-0.2, 0) is 27.9 Å². The summed E-state index contributed by atoms with van der Waals surface area (Å²) in [5, 5.41) is 0.914. The molecule has 15 heteroatoms. The maximum Gasteiger partial charge on any atom is 0.341 e. The smallest absolute Gasteiger partial charge is 0.341 e. The number of ether oxygens (including phenoxy) is 1. The largest absolute Gasteiger partial charge is 0.422 e. The van der Waals surface area contributed by atoms with Gasteiger partial charge in [-0.05, 0) is 82.3 Å². The Bertz CT molecular complexity index is 2100. The lowest BCUT2D eigenvalue weighted by molar-refractivity contribution is 0.0732. The van der Waals surface area contributed by atoms with Gasteiger partial charge in [-0.2, -0.15) is 12.7 Å². The number of piperazine rings is 1. The van der Waals surface area contributed by atoms with Crippen LogP contribution in [0.25, 0.3) is 11.0 Å². The molecule has 0 radical (unpaired) electrons. The second-order valence-electron chi connectivity index (χ2n) is 14.9. The van der Waals surface area contributed by atoms with E-state index in [1.54, 1.807) is 31.0 Å². The monoisotopic (exact) mass is 754 g/mol. The van der Waals surface area contributed by atoms with Gasteiger partial charge in [-0.15, -0.1) is 0 Å². The van der Waals surface area contributed by atoms with Crippen molar-refractivity contribution in [3.05, 3.63) is 67.0 Å². The van der Waals surface area contributed by atoms with Gasteiger partial charge in [0.2, 0.25) is 0 Å². The number of aryl methyl sites for hydroxylation is 2. The highest BCUT2D eigenvalue weighted by Crippen LogP contribution is 2.40. The van der Waals surface area contributed by atoms with Gasteiger partial charge in [0.15, 0.2) is 0 Å². The fourth-order valence-electron chi connectivity index (χ4n) is 8.72. The Balaban J connectivity index is 1.15. The predicted octanol–water partition coefficient (Wildman–Crippen LogP) is 3.70. The normalized spacial score (nSPS) is 22.2. The molecule has 0 unspecified atom stereocenters. The summed E-state index contributed by atoms with van der Waals surface area (Å²) < 4.78 is 41.7. The summed E-state index contributed by atoms with van der Waals surface area (Å²) in [7, 11) is 3.17. The van der Waals surface area contributed by atoms with E-state index in [2.05, 4.69) is 27.6 Å². The number of amides is 2. The van der Waals surface area contributed by atoms with Crippen LogP contribution in [0.2, 0.25) is 5.02 Å². The van der Waals surface area contributed by atoms with Crippen LogP contribution < -0.4 is 20.1 Å². The molecule has 3 aromatic rings. The maximum absolute atomic E-state index is 14.0. The number of nitrogens with zero attached hydrogens (tertiary/aromatic N) is 5. The van der Waals surface area contributed by atoms with Gasteiger partial charge in [-0.3, -0.25) is 14.5 Å². The molecule has 52 heavy (non-hydrogen) atoms. The number of carbonyl (C=O) groups is 2. The number of rotatable bonds is 8. The van der Waals surface area contributed by atoms with Crippen molar-refractivity contribution in [1.29, 1.82) is 0 Å². The third kappa shape index (κ3) is 6.36. The van der Waals surface area contributed by atoms with Gasteiger partial charge in [0.1, 0.15) is 5.58 Å². The summed E-state index contributed by atoms with van der Waals surface area (Å²) in [5.74, 6) is -1.22. The van der Waals surface area contributed by atoms with E-state index in [-0.39, 0.29) is 40.8 Å². The number of fused-ring (bicyclic) bond motifs is 5. The molecule has 3 saturated heterocycles. The Morgan fingerprint density at radius 1 is 1.02 bits per heavy atom. The van der Waals surface area contributed by atoms with E-state index in [9.17, 15) is 22.8 Å². The van der Waals surface area contributed by atoms with Crippen molar-refractivity contribution < 1.29 is 27.2 Å². The zero-order valence-electron chi connectivity index (χ0n) is 30.6. The van der Waals surface area contributed by atoms with E-state index in [1.807, 2.05) is 13.8 Å². The van der Waals surface area contributed by atoms with Crippen LogP contribution in [-0.4, -0.2) is 114 Å². The molecule has 1 aromatic heterocycles. The first kappa shape index (κ1) is 36.7. The molecule has 2 bridgehead atoms. The zero-order chi connectivity index (χ0) is 37.2. The minimum Gasteiger partial charge on any atom is -0.422 e. The van der Waals surface area contributed by atoms with Gasteiger partial charge in [-0.1, -0.05) is 11.6 Å². The molecule has 0 spiro atoms. The van der Waals surface area contributed by atoms with Gasteiger partial charge in [-0.25, -0.2) is 9.52 Å². The Hall–Kier alpha value is -3.69. The highest BCUT2D eigenvalue weighted by molar-refractivity contribution is 7.87. The summed E-state index contributed by atoms with van der Waals surface area (Å²) in [6.07, 6.45) is 3.60. The minimum atomic E-state index is -4.06. The number of anilines is 2. The Morgan fingerprint density at radius 3 is 2.37 bits per heavy atom. The predicted molar refractivity (Wildman–Crippen MR) is 201 cm³/mol. The van der Waals surface area contributed by atoms with Gasteiger partial charge >= 0.3 is 15.8 Å². The summed E-state index contributed by atoms with van der Waals surface area (Å²) in [6.45, 7) is 7.56. The quantitative estimate of drug-likeness (QED) is 0.340. The minimum absolute atomic E-state index is 0.00590. The molecule has 3 fully saturated rings. The maximum atomic E-state index is 14.0. The summed E-state index contributed by atoms with van der Waals surface area (Å²) in [4.78, 5) is 49.0. The van der Waals surface area contributed by atoms with Crippen LogP contribution in [0.3, 0.4) is 0 Å². The van der Waals surface area contributed by atoms with E-state index < -0.39 is 27.6 Å². The average Bonchev–Trinajstić information content (AvgIpc) is 3.72. The number of hydrogen-bond donors (Lipinski definition) is 1. The van der Waals surface area contributed by atoms with Crippen LogP contribution in [0.5, 0.6) is 0 Å². The highest BCUT2D eigenvalue weighted by Gasteiger charge is 2.47. The fourth-order valence-corrected chi connectivity index (χ4v) is 10.6. The van der Waals surface area contributed by atoms with Gasteiger partial charge in [0, 0.05) is 81.8 Å². The lowest BCUT2D eigenvalue weighted by Gasteiger charge is -2.41. The van der Waals surface area contributed by atoms with Crippen LogP contribution in [0.4, 0.5) is 11.4 Å². The highest BCUT2D eigenvalue weighted by atomic mass is 35.5. The number of methoxy groups -OCH3 is 1. The molecule has 7 rings (SSSR count). The number of carbonyl (C=O) groups excluding carboxylic acids is 2. The molecule has 1 N–H and O–H groups in total. The first-order chi connectivity index (χ1) is 24.7. The third-order valence-electron chi connectivity index (χ3n) is 11.5. The van der Waals surface area contributed by atoms with Crippen molar-refractivity contribution in [2.24, 2.45) is 0 Å². The molecular formula is C37H47ClN6O7S. The summed E-state index contributed by atoms with van der Waals surface area (Å²) >= 11 is 6.68. The van der Waals surface area contributed by atoms with Crippen molar-refractivity contribution >= 4 is 56.0 Å². The SMILES string of the molecule is COC[C@H]1CN(c2cc(C)c3c4c(c(=O)oc3c2C)CN(C(=O)c2cc(N(C)C)c(C(=O)NS(=O)(=O)N3C5CCC3CC5)cc2Cl)CC4)CCN1C. The standard InChI is InChI=1S/C37H47ClN6O7S/c1-21-15-31(42-14-13-41(5)25(18-42)20-50-6)22(2)34-33(21)26-11-12-43(19-29(26)37(47)51-34)36(46)27-17-32(40(3)4)28(16-30(27)38)35(45)39-52(48,49)44-23-7-8-24(44)10-9-23/h15-17,23-25H,7-14,18-20H2,1-6H3,(H,39,45)/t23?,24?,25-/m1/s1. The van der Waals surface area contributed by atoms with Gasteiger partial charge in [0.25, 0.3) is 11.8 Å². The van der Waals surface area contributed by atoms with Crippen LogP contribution in [0.1, 0.15) is 68.7 Å². The van der Waals surface area contributed by atoms with Crippen molar-refractivity contribution in [3.63, 3.8) is 0 Å². The van der Waals surface area contributed by atoms with Gasteiger partial charge < -0.3 is 23.9 Å². The summed E-state index contributed by atoms with van der Waals surface area (Å²) in [6, 6.07) is 5.08. The molecule has 0 aliphatic carbocycles. The molecular weight excluding hydrogens is 708 g/mol. The first-order valence-electron chi connectivity index (χ1n) is 17.9. The van der Waals surface area contributed by atoms with E-state index in [0.29, 0.717) is 36.4 Å². The van der Waals surface area contributed by atoms with Crippen molar-refractivity contribution in [1.82, 2.24) is 18.8 Å². The fraction of sp³-hybridized carbons (Fsp3) is 0.541. The summed E-state index contributed by atoms with van der Waals surface area (Å²) in [5.41, 5.74) is 4.89. The first-order valence-corrected chi connectivity index (χ1v) is 19.7. The average molecular weight is 755 g/mol. The van der Waals surface area contributed by atoms with E-state index in [4.69, 9.17) is 20.8 Å². The van der Waals surface area contributed by atoms with E-state index in [1.165, 1.54) is 16.4 Å². The van der Waals surface area contributed by atoms with Crippen molar-refractivity contribution in [2.75, 3.05) is 70.8 Å². The van der Waals surface area contributed by atoms with Crippen LogP contribution in [0.15, 0.2) is 27.4 Å². The molecule has 4 aliphatic rings. The molecule has 4 aliphatic heterocycles. The Kier molecular flexibility index (Phi) is 9.83. The van der Waals surface area contributed by atoms with Crippen LogP contribution in [0, 0.1) is 13.8 Å². The van der Waals surface area contributed by atoms with Crippen molar-refractivity contribution in [2.45, 2.75) is 70.6 Å². The molecule has 2 aromatic carbocycles. The molecule has 1 atom stereocenters.